The molecular weight excluding hydrogens is 220 g/mol. The predicted molar refractivity (Wildman–Crippen MR) is 67.4 cm³/mol. The van der Waals surface area contributed by atoms with Crippen LogP contribution in [0.1, 0.15) is 31.9 Å². The van der Waals surface area contributed by atoms with E-state index in [0.29, 0.717) is 16.6 Å². The average molecular weight is 237 g/mol. The van der Waals surface area contributed by atoms with Crippen molar-refractivity contribution in [1.29, 1.82) is 5.26 Å². The lowest BCUT2D eigenvalue weighted by Gasteiger charge is -2.25. The maximum Gasteiger partial charge on any atom is 0.0992 e. The van der Waals surface area contributed by atoms with Crippen molar-refractivity contribution in [2.24, 2.45) is 0 Å². The molecule has 1 aromatic carbocycles. The van der Waals surface area contributed by atoms with Crippen LogP contribution in [0.15, 0.2) is 18.2 Å². The molecule has 2 nitrogen and oxygen atoms in total. The fourth-order valence-corrected chi connectivity index (χ4v) is 1.86. The van der Waals surface area contributed by atoms with Gasteiger partial charge in [-0.3, -0.25) is 4.90 Å². The Kier molecular flexibility index (Phi) is 4.79. The molecule has 0 unspecified atom stereocenters. The molecule has 0 N–H and O–H groups in total. The van der Waals surface area contributed by atoms with E-state index in [-0.39, 0.29) is 0 Å². The van der Waals surface area contributed by atoms with Crippen molar-refractivity contribution in [3.63, 3.8) is 0 Å². The van der Waals surface area contributed by atoms with E-state index in [1.165, 1.54) is 0 Å². The molecule has 16 heavy (non-hydrogen) atoms. The van der Waals surface area contributed by atoms with Crippen molar-refractivity contribution in [2.45, 2.75) is 33.4 Å². The first-order valence-electron chi connectivity index (χ1n) is 5.51. The number of hydrogen-bond donors (Lipinski definition) is 0. The molecule has 1 rings (SSSR count). The third-order valence-electron chi connectivity index (χ3n) is 2.69. The van der Waals surface area contributed by atoms with Crippen LogP contribution in [0.25, 0.3) is 0 Å². The fraction of sp³-hybridized carbons (Fsp3) is 0.462. The normalized spacial score (nSPS) is 10.8. The van der Waals surface area contributed by atoms with Crippen LogP contribution in [0.2, 0.25) is 5.02 Å². The highest BCUT2D eigenvalue weighted by molar-refractivity contribution is 6.31. The van der Waals surface area contributed by atoms with Crippen LogP contribution in [0.3, 0.4) is 0 Å². The van der Waals surface area contributed by atoms with Crippen LogP contribution in [0, 0.1) is 11.3 Å². The summed E-state index contributed by atoms with van der Waals surface area (Å²) in [5, 5.41) is 9.43. The second kappa shape index (κ2) is 5.89. The lowest BCUT2D eigenvalue weighted by Crippen LogP contribution is -2.30. The van der Waals surface area contributed by atoms with Gasteiger partial charge in [-0.2, -0.15) is 5.26 Å². The second-order valence-electron chi connectivity index (χ2n) is 4.07. The van der Waals surface area contributed by atoms with Gasteiger partial charge in [-0.1, -0.05) is 24.6 Å². The highest BCUT2D eigenvalue weighted by Gasteiger charge is 2.10. The van der Waals surface area contributed by atoms with Gasteiger partial charge >= 0.3 is 0 Å². The van der Waals surface area contributed by atoms with Crippen molar-refractivity contribution in [3.8, 4) is 6.07 Å². The Morgan fingerprint density at radius 1 is 1.44 bits per heavy atom. The van der Waals surface area contributed by atoms with Crippen LogP contribution in [0.4, 0.5) is 0 Å². The van der Waals surface area contributed by atoms with Crippen molar-refractivity contribution >= 4 is 11.6 Å². The molecule has 0 fully saturated rings. The Morgan fingerprint density at radius 3 is 2.56 bits per heavy atom. The second-order valence-corrected chi connectivity index (χ2v) is 4.48. The molecular formula is C13H17ClN2. The van der Waals surface area contributed by atoms with Crippen molar-refractivity contribution in [3.05, 3.63) is 34.3 Å². The largest absolute Gasteiger partial charge is 0.297 e. The van der Waals surface area contributed by atoms with Crippen LogP contribution in [-0.2, 0) is 6.54 Å². The molecule has 3 heteroatoms. The van der Waals surface area contributed by atoms with Gasteiger partial charge in [-0.05, 0) is 38.1 Å². The molecule has 0 heterocycles. The minimum absolute atomic E-state index is 0.497. The SMILES string of the molecule is CCN(Cc1ccc(C#N)cc1Cl)C(C)C. The molecule has 0 aliphatic heterocycles. The molecule has 0 spiro atoms. The fourth-order valence-electron chi connectivity index (χ4n) is 1.62. The standard InChI is InChI=1S/C13H17ClN2/c1-4-16(10(2)3)9-12-6-5-11(8-15)7-13(12)14/h5-7,10H,4,9H2,1-3H3. The molecule has 0 bridgehead atoms. The molecule has 0 saturated heterocycles. The van der Waals surface area contributed by atoms with E-state index in [0.717, 1.165) is 18.7 Å². The van der Waals surface area contributed by atoms with E-state index in [4.69, 9.17) is 16.9 Å². The van der Waals surface area contributed by atoms with E-state index >= 15 is 0 Å². The van der Waals surface area contributed by atoms with Crippen molar-refractivity contribution in [2.75, 3.05) is 6.54 Å². The predicted octanol–water partition coefficient (Wildman–Crippen LogP) is 3.44. The summed E-state index contributed by atoms with van der Waals surface area (Å²) in [6, 6.07) is 8.06. The monoisotopic (exact) mass is 236 g/mol. The third kappa shape index (κ3) is 3.23. The topological polar surface area (TPSA) is 27.0 Å². The highest BCUT2D eigenvalue weighted by atomic mass is 35.5. The third-order valence-corrected chi connectivity index (χ3v) is 3.04. The lowest BCUT2D eigenvalue weighted by molar-refractivity contribution is 0.225. The van der Waals surface area contributed by atoms with Gasteiger partial charge < -0.3 is 0 Å². The molecule has 86 valence electrons. The molecule has 0 aliphatic rings. The quantitative estimate of drug-likeness (QED) is 0.801. The summed E-state index contributed by atoms with van der Waals surface area (Å²) in [7, 11) is 0. The minimum Gasteiger partial charge on any atom is -0.297 e. The van der Waals surface area contributed by atoms with Crippen LogP contribution < -0.4 is 0 Å². The Morgan fingerprint density at radius 2 is 2.12 bits per heavy atom. The van der Waals surface area contributed by atoms with Crippen LogP contribution in [-0.4, -0.2) is 17.5 Å². The molecule has 0 atom stereocenters. The van der Waals surface area contributed by atoms with Crippen LogP contribution >= 0.6 is 11.6 Å². The van der Waals surface area contributed by atoms with Gasteiger partial charge in [0.15, 0.2) is 0 Å². The number of hydrogen-bond acceptors (Lipinski definition) is 2. The average Bonchev–Trinajstić information content (AvgIpc) is 2.26. The zero-order valence-electron chi connectivity index (χ0n) is 10.00. The Bertz CT molecular complexity index is 393. The Balaban J connectivity index is 2.86. The summed E-state index contributed by atoms with van der Waals surface area (Å²) in [5.74, 6) is 0. The van der Waals surface area contributed by atoms with Crippen LogP contribution in [0.5, 0.6) is 0 Å². The van der Waals surface area contributed by atoms with Crippen molar-refractivity contribution < 1.29 is 0 Å². The van der Waals surface area contributed by atoms with Gasteiger partial charge in [0.05, 0.1) is 11.6 Å². The highest BCUT2D eigenvalue weighted by Crippen LogP contribution is 2.20. The molecule has 0 amide bonds. The molecule has 1 aromatic rings. The number of benzene rings is 1. The summed E-state index contributed by atoms with van der Waals surface area (Å²) in [4.78, 5) is 2.33. The van der Waals surface area contributed by atoms with E-state index in [9.17, 15) is 0 Å². The zero-order chi connectivity index (χ0) is 12.1. The van der Waals surface area contributed by atoms with E-state index in [1.807, 2.05) is 12.1 Å². The van der Waals surface area contributed by atoms with Gasteiger partial charge in [0.2, 0.25) is 0 Å². The number of rotatable bonds is 4. The van der Waals surface area contributed by atoms with Gasteiger partial charge in [0.1, 0.15) is 0 Å². The molecule has 0 aromatic heterocycles. The Hall–Kier alpha value is -1.04. The van der Waals surface area contributed by atoms with Gasteiger partial charge in [0.25, 0.3) is 0 Å². The zero-order valence-corrected chi connectivity index (χ0v) is 10.8. The van der Waals surface area contributed by atoms with E-state index in [2.05, 4.69) is 31.7 Å². The summed E-state index contributed by atoms with van der Waals surface area (Å²) < 4.78 is 0. The smallest absolute Gasteiger partial charge is 0.0992 e. The first kappa shape index (κ1) is 13.0. The summed E-state index contributed by atoms with van der Waals surface area (Å²) >= 11 is 6.14. The maximum absolute atomic E-state index is 8.75. The van der Waals surface area contributed by atoms with E-state index < -0.39 is 0 Å². The molecule has 0 radical (unpaired) electrons. The molecule has 0 saturated carbocycles. The number of nitrogens with zero attached hydrogens (tertiary/aromatic N) is 2. The molecule has 0 aliphatic carbocycles. The first-order chi connectivity index (χ1) is 7.58. The van der Waals surface area contributed by atoms with Gasteiger partial charge in [-0.15, -0.1) is 0 Å². The number of nitriles is 1. The van der Waals surface area contributed by atoms with Gasteiger partial charge in [-0.25, -0.2) is 0 Å². The maximum atomic E-state index is 8.75. The van der Waals surface area contributed by atoms with E-state index in [1.54, 1.807) is 6.07 Å². The Labute approximate surface area is 102 Å². The number of halogens is 1. The summed E-state index contributed by atoms with van der Waals surface area (Å²) in [5.41, 5.74) is 1.69. The summed E-state index contributed by atoms with van der Waals surface area (Å²) in [6.45, 7) is 8.30. The summed E-state index contributed by atoms with van der Waals surface area (Å²) in [6.07, 6.45) is 0. The lowest BCUT2D eigenvalue weighted by atomic mass is 10.1. The van der Waals surface area contributed by atoms with Gasteiger partial charge in [0, 0.05) is 17.6 Å². The minimum atomic E-state index is 0.497. The first-order valence-corrected chi connectivity index (χ1v) is 5.88. The van der Waals surface area contributed by atoms with Crippen molar-refractivity contribution in [1.82, 2.24) is 4.90 Å².